The van der Waals surface area contributed by atoms with Crippen molar-refractivity contribution in [2.75, 3.05) is 19.9 Å². The molecule has 0 bridgehead atoms. The number of hydrogen-bond donors (Lipinski definition) is 1. The van der Waals surface area contributed by atoms with Crippen LogP contribution in [-0.4, -0.2) is 25.9 Å². The molecule has 0 aliphatic carbocycles. The van der Waals surface area contributed by atoms with E-state index < -0.39 is 0 Å². The first-order valence-electron chi connectivity index (χ1n) is 9.45. The van der Waals surface area contributed by atoms with Crippen LogP contribution in [0.5, 0.6) is 17.2 Å². The number of furan rings is 1. The Kier molecular flexibility index (Phi) is 4.44. The summed E-state index contributed by atoms with van der Waals surface area (Å²) in [6.45, 7) is 0.997. The van der Waals surface area contributed by atoms with E-state index in [-0.39, 0.29) is 19.1 Å². The number of benzene rings is 3. The molecule has 0 saturated heterocycles. The van der Waals surface area contributed by atoms with E-state index >= 15 is 0 Å². The lowest BCUT2D eigenvalue weighted by atomic mass is 10.0. The van der Waals surface area contributed by atoms with Gasteiger partial charge in [-0.2, -0.15) is 0 Å². The van der Waals surface area contributed by atoms with Crippen LogP contribution in [0.1, 0.15) is 5.56 Å². The predicted molar refractivity (Wildman–Crippen MR) is 108 cm³/mol. The first-order valence-corrected chi connectivity index (χ1v) is 9.45. The van der Waals surface area contributed by atoms with Crippen molar-refractivity contribution in [1.82, 2.24) is 5.32 Å². The van der Waals surface area contributed by atoms with E-state index in [2.05, 4.69) is 11.4 Å². The number of hydrogen-bond acceptors (Lipinski definition) is 5. The molecule has 0 fully saturated rings. The monoisotopic (exact) mass is 389 g/mol. The second-order valence-electron chi connectivity index (χ2n) is 6.81. The molecule has 0 spiro atoms. The number of rotatable bonds is 6. The molecule has 6 nitrogen and oxygen atoms in total. The lowest BCUT2D eigenvalue weighted by Gasteiger charge is -2.08. The van der Waals surface area contributed by atoms with Crippen molar-refractivity contribution in [2.45, 2.75) is 6.42 Å². The van der Waals surface area contributed by atoms with Crippen LogP contribution in [0.15, 0.2) is 65.3 Å². The highest BCUT2D eigenvalue weighted by molar-refractivity contribution is 6.08. The molecule has 1 amide bonds. The summed E-state index contributed by atoms with van der Waals surface area (Å²) in [7, 11) is 0. The summed E-state index contributed by atoms with van der Waals surface area (Å²) in [5.41, 5.74) is 1.67. The van der Waals surface area contributed by atoms with Crippen molar-refractivity contribution in [3.05, 3.63) is 66.4 Å². The van der Waals surface area contributed by atoms with E-state index in [1.54, 1.807) is 12.3 Å². The topological polar surface area (TPSA) is 69.9 Å². The zero-order valence-electron chi connectivity index (χ0n) is 15.6. The number of nitrogens with one attached hydrogen (secondary N) is 1. The van der Waals surface area contributed by atoms with Gasteiger partial charge in [0.15, 0.2) is 11.5 Å². The van der Waals surface area contributed by atoms with Crippen LogP contribution in [0.25, 0.3) is 21.7 Å². The minimum Gasteiger partial charge on any atom is -0.492 e. The molecule has 5 rings (SSSR count). The maximum absolute atomic E-state index is 12.4. The number of ether oxygens (including phenoxy) is 3. The molecule has 0 saturated carbocycles. The largest absolute Gasteiger partial charge is 0.492 e. The van der Waals surface area contributed by atoms with Gasteiger partial charge in [-0.05, 0) is 29.0 Å². The van der Waals surface area contributed by atoms with Crippen LogP contribution in [0, 0.1) is 0 Å². The van der Waals surface area contributed by atoms with Crippen LogP contribution in [0.4, 0.5) is 0 Å². The first kappa shape index (κ1) is 17.4. The van der Waals surface area contributed by atoms with E-state index in [4.69, 9.17) is 18.6 Å². The van der Waals surface area contributed by atoms with Gasteiger partial charge in [0, 0.05) is 17.0 Å². The zero-order valence-corrected chi connectivity index (χ0v) is 15.6. The van der Waals surface area contributed by atoms with Crippen molar-refractivity contribution in [1.29, 1.82) is 0 Å². The van der Waals surface area contributed by atoms with Crippen LogP contribution in [0.3, 0.4) is 0 Å². The molecule has 29 heavy (non-hydrogen) atoms. The summed E-state index contributed by atoms with van der Waals surface area (Å²) in [5, 5.41) is 6.11. The Morgan fingerprint density at radius 1 is 1.03 bits per heavy atom. The van der Waals surface area contributed by atoms with Crippen LogP contribution < -0.4 is 19.5 Å². The SMILES string of the molecule is O=C(Cc1coc2ccc3ccccc3c12)NCCOc1ccc2c(c1)OCO2. The van der Waals surface area contributed by atoms with E-state index in [1.165, 1.54) is 0 Å². The summed E-state index contributed by atoms with van der Waals surface area (Å²) in [4.78, 5) is 12.4. The third-order valence-electron chi connectivity index (χ3n) is 4.93. The second-order valence-corrected chi connectivity index (χ2v) is 6.81. The molecule has 1 aromatic heterocycles. The maximum Gasteiger partial charge on any atom is 0.231 e. The van der Waals surface area contributed by atoms with Gasteiger partial charge in [-0.25, -0.2) is 0 Å². The fourth-order valence-electron chi connectivity index (χ4n) is 3.57. The zero-order chi connectivity index (χ0) is 19.6. The van der Waals surface area contributed by atoms with Gasteiger partial charge in [-0.1, -0.05) is 30.3 Å². The second kappa shape index (κ2) is 7.39. The highest BCUT2D eigenvalue weighted by Crippen LogP contribution is 2.35. The summed E-state index contributed by atoms with van der Waals surface area (Å²) in [5.74, 6) is 1.99. The van der Waals surface area contributed by atoms with Gasteiger partial charge < -0.3 is 23.9 Å². The fourth-order valence-corrected chi connectivity index (χ4v) is 3.57. The third kappa shape index (κ3) is 3.45. The van der Waals surface area contributed by atoms with Crippen molar-refractivity contribution in [3.63, 3.8) is 0 Å². The van der Waals surface area contributed by atoms with E-state index in [0.29, 0.717) is 30.4 Å². The normalized spacial score (nSPS) is 12.4. The van der Waals surface area contributed by atoms with Gasteiger partial charge in [-0.15, -0.1) is 0 Å². The highest BCUT2D eigenvalue weighted by Gasteiger charge is 2.14. The van der Waals surface area contributed by atoms with Crippen molar-refractivity contribution in [2.24, 2.45) is 0 Å². The Labute approximate surface area is 167 Å². The number of fused-ring (bicyclic) bond motifs is 4. The Bertz CT molecular complexity index is 1200. The molecule has 6 heteroatoms. The average molecular weight is 389 g/mol. The molecule has 4 aromatic rings. The average Bonchev–Trinajstić information content (AvgIpc) is 3.38. The number of carbonyl (C=O) groups excluding carboxylic acids is 1. The van der Waals surface area contributed by atoms with Crippen molar-refractivity contribution in [3.8, 4) is 17.2 Å². The molecule has 1 aliphatic heterocycles. The van der Waals surface area contributed by atoms with E-state index in [0.717, 1.165) is 27.3 Å². The third-order valence-corrected chi connectivity index (χ3v) is 4.93. The predicted octanol–water partition coefficient (Wildman–Crippen LogP) is 4.05. The molecule has 1 aliphatic rings. The Morgan fingerprint density at radius 2 is 1.93 bits per heavy atom. The Morgan fingerprint density at radius 3 is 2.90 bits per heavy atom. The molecular weight excluding hydrogens is 370 g/mol. The molecular formula is C23H19NO5. The van der Waals surface area contributed by atoms with Gasteiger partial charge in [0.2, 0.25) is 12.7 Å². The van der Waals surface area contributed by atoms with Gasteiger partial charge >= 0.3 is 0 Å². The maximum atomic E-state index is 12.4. The summed E-state index contributed by atoms with van der Waals surface area (Å²) >= 11 is 0. The van der Waals surface area contributed by atoms with Crippen LogP contribution >= 0.6 is 0 Å². The smallest absolute Gasteiger partial charge is 0.231 e. The Hall–Kier alpha value is -3.67. The van der Waals surface area contributed by atoms with Gasteiger partial charge in [0.05, 0.1) is 19.2 Å². The van der Waals surface area contributed by atoms with Crippen molar-refractivity contribution >= 4 is 27.6 Å². The Balaban J connectivity index is 1.20. The van der Waals surface area contributed by atoms with Crippen LogP contribution in [-0.2, 0) is 11.2 Å². The minimum absolute atomic E-state index is 0.0741. The minimum atomic E-state index is -0.0741. The highest BCUT2D eigenvalue weighted by atomic mass is 16.7. The van der Waals surface area contributed by atoms with Crippen molar-refractivity contribution < 1.29 is 23.4 Å². The lowest BCUT2D eigenvalue weighted by molar-refractivity contribution is -0.120. The van der Waals surface area contributed by atoms with Gasteiger partial charge in [-0.3, -0.25) is 4.79 Å². The molecule has 0 unspecified atom stereocenters. The first-order chi connectivity index (χ1) is 14.3. The summed E-state index contributed by atoms with van der Waals surface area (Å²) in [6.07, 6.45) is 1.92. The van der Waals surface area contributed by atoms with E-state index in [9.17, 15) is 4.79 Å². The summed E-state index contributed by atoms with van der Waals surface area (Å²) in [6, 6.07) is 17.5. The fraction of sp³-hybridized carbons (Fsp3) is 0.174. The molecule has 146 valence electrons. The standard InChI is InChI=1S/C23H19NO5/c25-22(24-9-10-26-17-6-8-19-21(12-17)29-14-28-19)11-16-13-27-20-7-5-15-3-1-2-4-18(15)23(16)20/h1-8,12-13H,9-11,14H2,(H,24,25). The number of amides is 1. The lowest BCUT2D eigenvalue weighted by Crippen LogP contribution is -2.29. The van der Waals surface area contributed by atoms with Gasteiger partial charge in [0.25, 0.3) is 0 Å². The molecule has 0 radical (unpaired) electrons. The van der Waals surface area contributed by atoms with Gasteiger partial charge in [0.1, 0.15) is 17.9 Å². The quantitative estimate of drug-likeness (QED) is 0.504. The molecule has 0 atom stereocenters. The number of carbonyl (C=O) groups is 1. The summed E-state index contributed by atoms with van der Waals surface area (Å²) < 4.78 is 21.9. The molecule has 1 N–H and O–H groups in total. The van der Waals surface area contributed by atoms with Crippen LogP contribution in [0.2, 0.25) is 0 Å². The molecule has 2 heterocycles. The van der Waals surface area contributed by atoms with E-state index in [1.807, 2.05) is 42.5 Å². The molecule has 3 aromatic carbocycles.